The minimum Gasteiger partial charge on any atom is -0.347 e. The van der Waals surface area contributed by atoms with Gasteiger partial charge in [0, 0.05) is 18.1 Å². The highest BCUT2D eigenvalue weighted by Crippen LogP contribution is 2.09. The molecule has 0 aliphatic rings. The lowest BCUT2D eigenvalue weighted by molar-refractivity contribution is 0.0946. The zero-order valence-corrected chi connectivity index (χ0v) is 12.2. The normalized spacial score (nSPS) is 9.80. The van der Waals surface area contributed by atoms with E-state index in [1.807, 2.05) is 30.3 Å². The maximum Gasteiger partial charge on any atom is 0.270 e. The number of pyridine rings is 1. The third-order valence-electron chi connectivity index (χ3n) is 2.72. The Morgan fingerprint density at radius 2 is 2.10 bits per heavy atom. The number of hydrogen-bond donors (Lipinski definition) is 1. The molecule has 4 nitrogen and oxygen atoms in total. The molecule has 2 rings (SSSR count). The van der Waals surface area contributed by atoms with Crippen LogP contribution in [0.5, 0.6) is 0 Å². The van der Waals surface area contributed by atoms with E-state index in [1.165, 1.54) is 6.20 Å². The topological polar surface area (TPSA) is 65.8 Å². The van der Waals surface area contributed by atoms with Gasteiger partial charge in [0.1, 0.15) is 11.8 Å². The second-order valence-electron chi connectivity index (χ2n) is 4.18. The molecule has 0 radical (unpaired) electrons. The minimum atomic E-state index is -0.251. The predicted octanol–water partition coefficient (Wildman–Crippen LogP) is 2.78. The van der Waals surface area contributed by atoms with Crippen molar-refractivity contribution in [3.8, 4) is 6.07 Å². The molecule has 0 saturated heterocycles. The quantitative estimate of drug-likeness (QED) is 0.877. The van der Waals surface area contributed by atoms with Crippen LogP contribution in [0, 0.1) is 11.3 Å². The van der Waals surface area contributed by atoms with Gasteiger partial charge < -0.3 is 5.32 Å². The van der Waals surface area contributed by atoms with Crippen molar-refractivity contribution in [2.75, 3.05) is 0 Å². The number of rotatable bonds is 4. The van der Waals surface area contributed by atoms with E-state index in [-0.39, 0.29) is 5.91 Å². The summed E-state index contributed by atoms with van der Waals surface area (Å²) in [5.74, 6) is -0.251. The number of nitrogens with one attached hydrogen (secondary N) is 1. The Morgan fingerprint density at radius 3 is 2.75 bits per heavy atom. The highest BCUT2D eigenvalue weighted by atomic mass is 79.9. The molecule has 0 saturated carbocycles. The van der Waals surface area contributed by atoms with Gasteiger partial charge in [0.25, 0.3) is 5.91 Å². The summed E-state index contributed by atoms with van der Waals surface area (Å²) in [4.78, 5) is 15.9. The first-order chi connectivity index (χ1) is 9.72. The fourth-order valence-electron chi connectivity index (χ4n) is 1.69. The van der Waals surface area contributed by atoms with Crippen molar-refractivity contribution in [2.45, 2.75) is 11.9 Å². The summed E-state index contributed by atoms with van der Waals surface area (Å²) in [6, 6.07) is 13.0. The SMILES string of the molecule is N#Cc1ccc(C(=O)NCc2cccc(CBr)c2)nc1. The summed E-state index contributed by atoms with van der Waals surface area (Å²) < 4.78 is 0. The van der Waals surface area contributed by atoms with Gasteiger partial charge in [0.2, 0.25) is 0 Å². The molecule has 1 aromatic heterocycles. The number of hydrogen-bond acceptors (Lipinski definition) is 3. The van der Waals surface area contributed by atoms with Gasteiger partial charge in [-0.15, -0.1) is 0 Å². The van der Waals surface area contributed by atoms with Crippen LogP contribution in [-0.4, -0.2) is 10.9 Å². The molecular formula is C15H12BrN3O. The number of nitrogens with zero attached hydrogens (tertiary/aromatic N) is 2. The largest absolute Gasteiger partial charge is 0.347 e. The summed E-state index contributed by atoms with van der Waals surface area (Å²) in [6.07, 6.45) is 1.39. The van der Waals surface area contributed by atoms with Crippen LogP contribution in [0.15, 0.2) is 42.6 Å². The number of carbonyl (C=O) groups excluding carboxylic acids is 1. The van der Waals surface area contributed by atoms with Crippen LogP contribution in [0.2, 0.25) is 0 Å². The monoisotopic (exact) mass is 329 g/mol. The van der Waals surface area contributed by atoms with Gasteiger partial charge in [-0.1, -0.05) is 40.2 Å². The molecule has 20 heavy (non-hydrogen) atoms. The van der Waals surface area contributed by atoms with Crippen molar-refractivity contribution < 1.29 is 4.79 Å². The molecule has 0 unspecified atom stereocenters. The van der Waals surface area contributed by atoms with E-state index < -0.39 is 0 Å². The third kappa shape index (κ3) is 3.65. The van der Waals surface area contributed by atoms with Crippen LogP contribution in [0.4, 0.5) is 0 Å². The summed E-state index contributed by atoms with van der Waals surface area (Å²) in [7, 11) is 0. The lowest BCUT2D eigenvalue weighted by atomic mass is 10.1. The number of amides is 1. The Balaban J connectivity index is 1.99. The van der Waals surface area contributed by atoms with Crippen LogP contribution in [-0.2, 0) is 11.9 Å². The molecule has 0 aliphatic carbocycles. The Labute approximate surface area is 125 Å². The maximum absolute atomic E-state index is 11.9. The fraction of sp³-hybridized carbons (Fsp3) is 0.133. The second kappa shape index (κ2) is 6.83. The Morgan fingerprint density at radius 1 is 1.30 bits per heavy atom. The molecule has 0 atom stereocenters. The second-order valence-corrected chi connectivity index (χ2v) is 4.74. The summed E-state index contributed by atoms with van der Waals surface area (Å²) in [5, 5.41) is 12.3. The number of nitriles is 1. The summed E-state index contributed by atoms with van der Waals surface area (Å²) in [6.45, 7) is 0.446. The number of halogens is 1. The van der Waals surface area contributed by atoms with Gasteiger partial charge in [0.05, 0.1) is 5.56 Å². The highest BCUT2D eigenvalue weighted by molar-refractivity contribution is 9.08. The van der Waals surface area contributed by atoms with Gasteiger partial charge >= 0.3 is 0 Å². The molecule has 2 aromatic rings. The van der Waals surface area contributed by atoms with E-state index >= 15 is 0 Å². The van der Waals surface area contributed by atoms with Crippen LogP contribution < -0.4 is 5.32 Å². The lowest BCUT2D eigenvalue weighted by Crippen LogP contribution is -2.23. The molecule has 1 heterocycles. The molecule has 1 amide bonds. The first-order valence-electron chi connectivity index (χ1n) is 6.01. The predicted molar refractivity (Wildman–Crippen MR) is 79.2 cm³/mol. The van der Waals surface area contributed by atoms with Gasteiger partial charge in [-0.05, 0) is 23.3 Å². The Hall–Kier alpha value is -2.19. The average molecular weight is 330 g/mol. The van der Waals surface area contributed by atoms with Crippen LogP contribution >= 0.6 is 15.9 Å². The molecule has 0 spiro atoms. The number of benzene rings is 1. The fourth-order valence-corrected chi connectivity index (χ4v) is 2.04. The van der Waals surface area contributed by atoms with Crippen LogP contribution in [0.3, 0.4) is 0 Å². The maximum atomic E-state index is 11.9. The van der Waals surface area contributed by atoms with Crippen LogP contribution in [0.25, 0.3) is 0 Å². The van der Waals surface area contributed by atoms with E-state index in [4.69, 9.17) is 5.26 Å². The van der Waals surface area contributed by atoms with Crippen molar-refractivity contribution in [2.24, 2.45) is 0 Å². The van der Waals surface area contributed by atoms with Gasteiger partial charge in [-0.25, -0.2) is 4.98 Å². The first kappa shape index (κ1) is 14.2. The molecule has 1 aromatic carbocycles. The van der Waals surface area contributed by atoms with Gasteiger partial charge in [-0.3, -0.25) is 4.79 Å². The number of carbonyl (C=O) groups is 1. The molecule has 100 valence electrons. The molecule has 0 fully saturated rings. The Kier molecular flexibility index (Phi) is 4.85. The Bertz CT molecular complexity index is 647. The zero-order valence-electron chi connectivity index (χ0n) is 10.6. The molecule has 0 aliphatic heterocycles. The standard InChI is InChI=1S/C15H12BrN3O/c16-7-11-2-1-3-12(6-11)9-19-15(20)14-5-4-13(8-17)10-18-14/h1-6,10H,7,9H2,(H,19,20). The molecule has 0 bridgehead atoms. The van der Waals surface area contributed by atoms with Crippen molar-refractivity contribution in [1.82, 2.24) is 10.3 Å². The van der Waals surface area contributed by atoms with E-state index in [2.05, 4.69) is 26.2 Å². The summed E-state index contributed by atoms with van der Waals surface area (Å²) in [5.41, 5.74) is 2.93. The minimum absolute atomic E-state index is 0.251. The van der Waals surface area contributed by atoms with Gasteiger partial charge in [-0.2, -0.15) is 5.26 Å². The molecule has 1 N–H and O–H groups in total. The number of aromatic nitrogens is 1. The highest BCUT2D eigenvalue weighted by Gasteiger charge is 2.06. The first-order valence-corrected chi connectivity index (χ1v) is 7.13. The third-order valence-corrected chi connectivity index (χ3v) is 3.37. The van der Waals surface area contributed by atoms with Gasteiger partial charge in [0.15, 0.2) is 0 Å². The van der Waals surface area contributed by atoms with Crippen molar-refractivity contribution >= 4 is 21.8 Å². The zero-order chi connectivity index (χ0) is 14.4. The van der Waals surface area contributed by atoms with Crippen molar-refractivity contribution in [3.05, 3.63) is 65.0 Å². The van der Waals surface area contributed by atoms with E-state index in [1.54, 1.807) is 12.1 Å². The van der Waals surface area contributed by atoms with Crippen LogP contribution in [0.1, 0.15) is 27.2 Å². The molecular weight excluding hydrogens is 318 g/mol. The van der Waals surface area contributed by atoms with Crippen molar-refractivity contribution in [1.29, 1.82) is 5.26 Å². The lowest BCUT2D eigenvalue weighted by Gasteiger charge is -2.06. The summed E-state index contributed by atoms with van der Waals surface area (Å²) >= 11 is 3.40. The number of alkyl halides is 1. The van der Waals surface area contributed by atoms with E-state index in [9.17, 15) is 4.79 Å². The van der Waals surface area contributed by atoms with E-state index in [0.717, 1.165) is 16.5 Å². The molecule has 5 heteroatoms. The smallest absolute Gasteiger partial charge is 0.270 e. The van der Waals surface area contributed by atoms with Crippen molar-refractivity contribution in [3.63, 3.8) is 0 Å². The van der Waals surface area contributed by atoms with E-state index in [0.29, 0.717) is 17.8 Å². The average Bonchev–Trinajstić information content (AvgIpc) is 2.53.